The normalized spacial score (nSPS) is 23.1. The van der Waals surface area contributed by atoms with Crippen LogP contribution in [0.1, 0.15) is 54.9 Å². The molecule has 6 nitrogen and oxygen atoms in total. The van der Waals surface area contributed by atoms with Crippen LogP contribution in [0.2, 0.25) is 19.6 Å². The molecule has 8 heteroatoms. The number of ketones is 1. The first kappa shape index (κ1) is 23.6. The number of Topliss-reactive ketones (excluding diaryl/α,β-unsaturated/α-hetero) is 1. The molecule has 1 aliphatic carbocycles. The van der Waals surface area contributed by atoms with E-state index >= 15 is 0 Å². The Morgan fingerprint density at radius 1 is 1.38 bits per heavy atom. The minimum absolute atomic E-state index is 0.0703. The van der Waals surface area contributed by atoms with Gasteiger partial charge in [0.1, 0.15) is 5.60 Å². The third-order valence-corrected chi connectivity index (χ3v) is 6.92. The number of amides is 1. The van der Waals surface area contributed by atoms with Crippen LogP contribution in [0.25, 0.3) is 0 Å². The van der Waals surface area contributed by atoms with Crippen molar-refractivity contribution in [3.8, 4) is 6.07 Å². The Kier molecular flexibility index (Phi) is 7.66. The maximum Gasteiger partial charge on any atom is 0.404 e. The highest BCUT2D eigenvalue weighted by Crippen LogP contribution is 2.41. The van der Waals surface area contributed by atoms with Crippen LogP contribution in [0.4, 0.5) is 4.79 Å². The van der Waals surface area contributed by atoms with Crippen molar-refractivity contribution in [1.82, 2.24) is 5.32 Å². The van der Waals surface area contributed by atoms with Crippen LogP contribution in [0.3, 0.4) is 0 Å². The topological polar surface area (TPSA) is 99.4 Å². The molecular formula is C21H29BrN2O4Si. The van der Waals surface area contributed by atoms with Gasteiger partial charge in [-0.2, -0.15) is 5.26 Å². The number of carboxylic acid groups (broad SMARTS) is 1. The Morgan fingerprint density at radius 2 is 2.00 bits per heavy atom. The summed E-state index contributed by atoms with van der Waals surface area (Å²) < 4.78 is 7.17. The quantitative estimate of drug-likeness (QED) is 0.405. The zero-order valence-electron chi connectivity index (χ0n) is 17.4. The first-order valence-electron chi connectivity index (χ1n) is 9.90. The molecule has 1 saturated carbocycles. The molecule has 0 bridgehead atoms. The summed E-state index contributed by atoms with van der Waals surface area (Å²) in [5, 5.41) is 20.6. The van der Waals surface area contributed by atoms with Crippen molar-refractivity contribution < 1.29 is 19.1 Å². The lowest BCUT2D eigenvalue weighted by molar-refractivity contribution is 0.0125. The number of benzene rings is 1. The lowest BCUT2D eigenvalue weighted by Gasteiger charge is -2.43. The number of hydrogen-bond acceptors (Lipinski definition) is 4. The molecule has 1 aromatic carbocycles. The van der Waals surface area contributed by atoms with E-state index in [0.29, 0.717) is 34.4 Å². The number of halogens is 1. The summed E-state index contributed by atoms with van der Waals surface area (Å²) in [4.78, 5) is 24.5. The summed E-state index contributed by atoms with van der Waals surface area (Å²) in [6, 6.07) is 7.02. The average molecular weight is 481 g/mol. The summed E-state index contributed by atoms with van der Waals surface area (Å²) in [7, 11) is -2.02. The van der Waals surface area contributed by atoms with Gasteiger partial charge < -0.3 is 14.8 Å². The van der Waals surface area contributed by atoms with E-state index in [0.717, 1.165) is 19.3 Å². The minimum atomic E-state index is -2.02. The van der Waals surface area contributed by atoms with E-state index < -0.39 is 20.0 Å². The zero-order valence-corrected chi connectivity index (χ0v) is 20.0. The van der Waals surface area contributed by atoms with Gasteiger partial charge in [0.25, 0.3) is 0 Å². The standard InChI is InChI=1S/C21H29BrN2O4Si/c1-14(24-20(26)27)11-15-7-9-21(10-8-15,28-29(2,3)4)19(25)17-12-16(13-23)5-6-18(17)22/h5-6,12,14-15,24H,7-11H2,1-4H3,(H,26,27). The Hall–Kier alpha value is -1.69. The molecule has 2 N–H and O–H groups in total. The molecule has 0 saturated heterocycles. The highest BCUT2D eigenvalue weighted by atomic mass is 79.9. The van der Waals surface area contributed by atoms with Crippen LogP contribution in [-0.2, 0) is 4.43 Å². The van der Waals surface area contributed by atoms with Crippen LogP contribution in [-0.4, -0.2) is 36.9 Å². The van der Waals surface area contributed by atoms with Gasteiger partial charge in [0.15, 0.2) is 14.1 Å². The number of hydrogen-bond donors (Lipinski definition) is 2. The smallest absolute Gasteiger partial charge is 0.404 e. The van der Waals surface area contributed by atoms with E-state index in [2.05, 4.69) is 47.0 Å². The van der Waals surface area contributed by atoms with Gasteiger partial charge in [0.05, 0.1) is 11.6 Å². The molecule has 0 aliphatic heterocycles. The Labute approximate surface area is 181 Å². The molecule has 29 heavy (non-hydrogen) atoms. The van der Waals surface area contributed by atoms with Crippen LogP contribution in [0.5, 0.6) is 0 Å². The van der Waals surface area contributed by atoms with Crippen molar-refractivity contribution in [2.75, 3.05) is 0 Å². The van der Waals surface area contributed by atoms with E-state index in [4.69, 9.17) is 9.53 Å². The second kappa shape index (κ2) is 9.41. The van der Waals surface area contributed by atoms with Crippen molar-refractivity contribution in [2.24, 2.45) is 5.92 Å². The number of rotatable bonds is 7. The van der Waals surface area contributed by atoms with Crippen molar-refractivity contribution in [3.63, 3.8) is 0 Å². The number of carbonyl (C=O) groups is 2. The largest absolute Gasteiger partial charge is 0.465 e. The Balaban J connectivity index is 2.25. The molecule has 1 amide bonds. The molecule has 0 aromatic heterocycles. The monoisotopic (exact) mass is 480 g/mol. The van der Waals surface area contributed by atoms with Crippen molar-refractivity contribution in [2.45, 2.75) is 70.3 Å². The van der Waals surface area contributed by atoms with Gasteiger partial charge in [0, 0.05) is 16.1 Å². The van der Waals surface area contributed by atoms with Gasteiger partial charge in [-0.05, 0) is 82.8 Å². The molecule has 0 radical (unpaired) electrons. The molecule has 158 valence electrons. The molecule has 0 spiro atoms. The molecule has 1 aliphatic rings. The highest BCUT2D eigenvalue weighted by molar-refractivity contribution is 9.10. The van der Waals surface area contributed by atoms with Gasteiger partial charge in [-0.25, -0.2) is 4.79 Å². The summed E-state index contributed by atoms with van der Waals surface area (Å²) in [6.07, 6.45) is 2.54. The summed E-state index contributed by atoms with van der Waals surface area (Å²) in [6.45, 7) is 8.10. The van der Waals surface area contributed by atoms with Crippen LogP contribution in [0.15, 0.2) is 22.7 Å². The van der Waals surface area contributed by atoms with Crippen LogP contribution in [0, 0.1) is 17.2 Å². The predicted molar refractivity (Wildman–Crippen MR) is 118 cm³/mol. The second-order valence-electron chi connectivity index (χ2n) is 8.87. The van der Waals surface area contributed by atoms with E-state index in [-0.39, 0.29) is 11.8 Å². The first-order valence-corrected chi connectivity index (χ1v) is 14.1. The minimum Gasteiger partial charge on any atom is -0.465 e. The van der Waals surface area contributed by atoms with Crippen molar-refractivity contribution in [3.05, 3.63) is 33.8 Å². The van der Waals surface area contributed by atoms with Crippen molar-refractivity contribution in [1.29, 1.82) is 5.26 Å². The zero-order chi connectivity index (χ0) is 21.8. The van der Waals surface area contributed by atoms with Gasteiger partial charge in [-0.15, -0.1) is 0 Å². The Bertz CT molecular complexity index is 808. The third kappa shape index (κ3) is 6.39. The van der Waals surface area contributed by atoms with Gasteiger partial charge in [-0.1, -0.05) is 15.9 Å². The van der Waals surface area contributed by atoms with Crippen molar-refractivity contribution >= 4 is 36.1 Å². The lowest BCUT2D eigenvalue weighted by Crippen LogP contribution is -2.51. The average Bonchev–Trinajstić information content (AvgIpc) is 2.61. The molecule has 1 aromatic rings. The Morgan fingerprint density at radius 3 is 2.52 bits per heavy atom. The predicted octanol–water partition coefficient (Wildman–Crippen LogP) is 5.33. The molecule has 1 fully saturated rings. The summed E-state index contributed by atoms with van der Waals surface area (Å²) in [5.41, 5.74) is 0.0460. The maximum atomic E-state index is 13.6. The van der Waals surface area contributed by atoms with E-state index in [1.54, 1.807) is 18.2 Å². The van der Waals surface area contributed by atoms with Gasteiger partial charge in [0.2, 0.25) is 0 Å². The van der Waals surface area contributed by atoms with Gasteiger partial charge in [-0.3, -0.25) is 4.79 Å². The second-order valence-corrected chi connectivity index (χ2v) is 14.2. The summed E-state index contributed by atoms with van der Waals surface area (Å²) >= 11 is 3.46. The number of nitrogens with zero attached hydrogens (tertiary/aromatic N) is 1. The number of nitriles is 1. The molecule has 0 heterocycles. The number of nitrogens with one attached hydrogen (secondary N) is 1. The fraction of sp³-hybridized carbons (Fsp3) is 0.571. The van der Waals surface area contributed by atoms with E-state index in [9.17, 15) is 14.9 Å². The van der Waals surface area contributed by atoms with Crippen LogP contribution >= 0.6 is 15.9 Å². The SMILES string of the molecule is CC(CC1CCC(O[Si](C)(C)C)(C(=O)c2cc(C#N)ccc2Br)CC1)NC(=O)O. The fourth-order valence-corrected chi connectivity index (χ4v) is 6.02. The highest BCUT2D eigenvalue weighted by Gasteiger charge is 2.46. The molecule has 1 unspecified atom stereocenters. The van der Waals surface area contributed by atoms with E-state index in [1.165, 1.54) is 0 Å². The maximum absolute atomic E-state index is 13.6. The van der Waals surface area contributed by atoms with E-state index in [1.807, 2.05) is 6.92 Å². The van der Waals surface area contributed by atoms with Crippen LogP contribution < -0.4 is 5.32 Å². The molecular weight excluding hydrogens is 452 g/mol. The lowest BCUT2D eigenvalue weighted by atomic mass is 9.73. The van der Waals surface area contributed by atoms with Gasteiger partial charge >= 0.3 is 6.09 Å². The molecule has 2 rings (SSSR count). The molecule has 1 atom stereocenters. The first-order chi connectivity index (χ1) is 13.5. The third-order valence-electron chi connectivity index (χ3n) is 5.23. The number of carbonyl (C=O) groups excluding carboxylic acids is 1. The fourth-order valence-electron chi connectivity index (χ4n) is 4.13. The summed E-state index contributed by atoms with van der Waals surface area (Å²) in [5.74, 6) is 0.274.